The molecule has 0 aromatic carbocycles. The summed E-state index contributed by atoms with van der Waals surface area (Å²) in [5.74, 6) is 0.339. The Morgan fingerprint density at radius 3 is 2.47 bits per heavy atom. The van der Waals surface area contributed by atoms with Crippen molar-refractivity contribution in [1.29, 1.82) is 5.26 Å². The van der Waals surface area contributed by atoms with Crippen LogP contribution in [0.3, 0.4) is 0 Å². The molecule has 0 bridgehead atoms. The lowest BCUT2D eigenvalue weighted by Gasteiger charge is -2.34. The maximum Gasteiger partial charge on any atom is 0.433 e. The Balaban J connectivity index is 2.06. The van der Waals surface area contributed by atoms with Gasteiger partial charge in [0, 0.05) is 26.2 Å². The van der Waals surface area contributed by atoms with Crippen LogP contribution in [-0.2, 0) is 6.18 Å². The first kappa shape index (κ1) is 13.6. The zero-order valence-corrected chi connectivity index (χ0v) is 10.2. The standard InChI is InChI=1S/C12H13F3N4/c13-12(14,15)10-2-1-3-11(17-10)19-8-6-18(5-4-16)7-9-19/h1-3H,5-9H2. The average Bonchev–Trinajstić information content (AvgIpc) is 2.39. The maximum atomic E-state index is 12.6. The van der Waals surface area contributed by atoms with Gasteiger partial charge >= 0.3 is 6.18 Å². The van der Waals surface area contributed by atoms with E-state index in [0.717, 1.165) is 6.07 Å². The van der Waals surface area contributed by atoms with Crippen LogP contribution >= 0.6 is 0 Å². The van der Waals surface area contributed by atoms with E-state index >= 15 is 0 Å². The molecule has 0 N–H and O–H groups in total. The predicted molar refractivity (Wildman–Crippen MR) is 63.5 cm³/mol. The SMILES string of the molecule is N#CCN1CCN(c2cccc(C(F)(F)F)n2)CC1. The molecule has 1 saturated heterocycles. The van der Waals surface area contributed by atoms with E-state index in [1.807, 2.05) is 9.80 Å². The maximum absolute atomic E-state index is 12.6. The van der Waals surface area contributed by atoms with Crippen LogP contribution in [-0.4, -0.2) is 42.6 Å². The number of halogens is 3. The van der Waals surface area contributed by atoms with Crippen LogP contribution < -0.4 is 4.90 Å². The van der Waals surface area contributed by atoms with Crippen molar-refractivity contribution in [3.63, 3.8) is 0 Å². The Kier molecular flexibility index (Phi) is 3.90. The molecule has 102 valence electrons. The molecule has 0 unspecified atom stereocenters. The van der Waals surface area contributed by atoms with Crippen molar-refractivity contribution in [1.82, 2.24) is 9.88 Å². The molecule has 4 nitrogen and oxygen atoms in total. The fraction of sp³-hybridized carbons (Fsp3) is 0.500. The van der Waals surface area contributed by atoms with Gasteiger partial charge in [0.15, 0.2) is 0 Å². The smallest absolute Gasteiger partial charge is 0.354 e. The molecule has 0 amide bonds. The van der Waals surface area contributed by atoms with Gasteiger partial charge in [0.1, 0.15) is 11.5 Å². The molecule has 1 aliphatic heterocycles. The van der Waals surface area contributed by atoms with E-state index < -0.39 is 11.9 Å². The van der Waals surface area contributed by atoms with E-state index in [2.05, 4.69) is 11.1 Å². The van der Waals surface area contributed by atoms with Crippen molar-refractivity contribution >= 4 is 5.82 Å². The minimum atomic E-state index is -4.42. The van der Waals surface area contributed by atoms with Crippen LogP contribution in [0.1, 0.15) is 5.69 Å². The predicted octanol–water partition coefficient (Wildman–Crippen LogP) is 1.75. The van der Waals surface area contributed by atoms with Gasteiger partial charge in [-0.1, -0.05) is 6.07 Å². The summed E-state index contributed by atoms with van der Waals surface area (Å²) >= 11 is 0. The summed E-state index contributed by atoms with van der Waals surface area (Å²) in [6, 6.07) is 5.98. The zero-order chi connectivity index (χ0) is 13.9. The molecule has 0 radical (unpaired) electrons. The first-order valence-electron chi connectivity index (χ1n) is 5.89. The van der Waals surface area contributed by atoms with Crippen LogP contribution in [0.4, 0.5) is 19.0 Å². The molecule has 1 aromatic rings. The number of aromatic nitrogens is 1. The van der Waals surface area contributed by atoms with Gasteiger partial charge < -0.3 is 4.90 Å². The molecule has 0 spiro atoms. The number of hydrogen-bond acceptors (Lipinski definition) is 4. The Bertz CT molecular complexity index is 473. The Hall–Kier alpha value is -1.81. The first-order chi connectivity index (χ1) is 9.00. The molecule has 7 heteroatoms. The normalized spacial score (nSPS) is 17.3. The monoisotopic (exact) mass is 270 g/mol. The molecule has 1 aromatic heterocycles. The fourth-order valence-corrected chi connectivity index (χ4v) is 1.99. The lowest BCUT2D eigenvalue weighted by atomic mass is 10.3. The van der Waals surface area contributed by atoms with Crippen LogP contribution in [0.15, 0.2) is 18.2 Å². The summed E-state index contributed by atoms with van der Waals surface area (Å²) in [5.41, 5.74) is -0.871. The number of piperazine rings is 1. The molecule has 2 heterocycles. The molecule has 1 aliphatic rings. The molecule has 2 rings (SSSR count). The van der Waals surface area contributed by atoms with Gasteiger partial charge in [-0.15, -0.1) is 0 Å². The van der Waals surface area contributed by atoms with Crippen molar-refractivity contribution in [2.75, 3.05) is 37.6 Å². The van der Waals surface area contributed by atoms with Gasteiger partial charge in [0.2, 0.25) is 0 Å². The van der Waals surface area contributed by atoms with Gasteiger partial charge in [0.25, 0.3) is 0 Å². The summed E-state index contributed by atoms with van der Waals surface area (Å²) in [6.45, 7) is 2.83. The van der Waals surface area contributed by atoms with E-state index in [0.29, 0.717) is 38.5 Å². The number of alkyl halides is 3. The number of hydrogen-bond donors (Lipinski definition) is 0. The molecular formula is C12H13F3N4. The highest BCUT2D eigenvalue weighted by Gasteiger charge is 2.33. The summed E-state index contributed by atoms with van der Waals surface area (Å²) in [6.07, 6.45) is -4.42. The Morgan fingerprint density at radius 1 is 1.21 bits per heavy atom. The summed E-state index contributed by atoms with van der Waals surface area (Å²) in [4.78, 5) is 7.43. The summed E-state index contributed by atoms with van der Waals surface area (Å²) in [7, 11) is 0. The molecule has 0 atom stereocenters. The third kappa shape index (κ3) is 3.35. The Morgan fingerprint density at radius 2 is 1.89 bits per heavy atom. The molecular weight excluding hydrogens is 257 g/mol. The summed E-state index contributed by atoms with van der Waals surface area (Å²) in [5, 5.41) is 8.58. The third-order valence-corrected chi connectivity index (χ3v) is 3.02. The zero-order valence-electron chi connectivity index (χ0n) is 10.2. The van der Waals surface area contributed by atoms with E-state index in [1.54, 1.807) is 6.07 Å². The molecule has 19 heavy (non-hydrogen) atoms. The fourth-order valence-electron chi connectivity index (χ4n) is 1.99. The Labute approximate surface area is 109 Å². The molecule has 1 fully saturated rings. The highest BCUT2D eigenvalue weighted by atomic mass is 19.4. The van der Waals surface area contributed by atoms with Crippen LogP contribution in [0, 0.1) is 11.3 Å². The number of pyridine rings is 1. The van der Waals surface area contributed by atoms with E-state index in [4.69, 9.17) is 5.26 Å². The largest absolute Gasteiger partial charge is 0.433 e. The van der Waals surface area contributed by atoms with Gasteiger partial charge in [0.05, 0.1) is 12.6 Å². The summed E-state index contributed by atoms with van der Waals surface area (Å²) < 4.78 is 37.7. The lowest BCUT2D eigenvalue weighted by molar-refractivity contribution is -0.141. The van der Waals surface area contributed by atoms with Gasteiger partial charge in [-0.2, -0.15) is 18.4 Å². The minimum Gasteiger partial charge on any atom is -0.354 e. The highest BCUT2D eigenvalue weighted by Crippen LogP contribution is 2.29. The van der Waals surface area contributed by atoms with Crippen LogP contribution in [0.25, 0.3) is 0 Å². The van der Waals surface area contributed by atoms with Gasteiger partial charge in [-0.25, -0.2) is 4.98 Å². The van der Waals surface area contributed by atoms with Crippen molar-refractivity contribution in [2.24, 2.45) is 0 Å². The number of nitriles is 1. The van der Waals surface area contributed by atoms with E-state index in [1.165, 1.54) is 6.07 Å². The van der Waals surface area contributed by atoms with Crippen LogP contribution in [0.5, 0.6) is 0 Å². The van der Waals surface area contributed by atoms with Crippen molar-refractivity contribution < 1.29 is 13.2 Å². The number of nitrogens with zero attached hydrogens (tertiary/aromatic N) is 4. The average molecular weight is 270 g/mol. The van der Waals surface area contributed by atoms with Crippen molar-refractivity contribution in [2.45, 2.75) is 6.18 Å². The van der Waals surface area contributed by atoms with E-state index in [-0.39, 0.29) is 0 Å². The first-order valence-corrected chi connectivity index (χ1v) is 5.89. The second kappa shape index (κ2) is 5.45. The topological polar surface area (TPSA) is 43.2 Å². The van der Waals surface area contributed by atoms with Gasteiger partial charge in [-0.3, -0.25) is 4.90 Å². The van der Waals surface area contributed by atoms with Crippen LogP contribution in [0.2, 0.25) is 0 Å². The lowest BCUT2D eigenvalue weighted by Crippen LogP contribution is -2.46. The van der Waals surface area contributed by atoms with Crippen molar-refractivity contribution in [3.8, 4) is 6.07 Å². The second-order valence-corrected chi connectivity index (χ2v) is 4.30. The number of rotatable bonds is 2. The molecule has 0 aliphatic carbocycles. The number of anilines is 1. The quantitative estimate of drug-likeness (QED) is 0.768. The second-order valence-electron chi connectivity index (χ2n) is 4.30. The highest BCUT2D eigenvalue weighted by molar-refractivity contribution is 5.40. The third-order valence-electron chi connectivity index (χ3n) is 3.02. The van der Waals surface area contributed by atoms with Gasteiger partial charge in [-0.05, 0) is 12.1 Å². The van der Waals surface area contributed by atoms with E-state index in [9.17, 15) is 13.2 Å². The molecule has 0 saturated carbocycles. The van der Waals surface area contributed by atoms with Crippen molar-refractivity contribution in [3.05, 3.63) is 23.9 Å². The minimum absolute atomic E-state index is 0.339.